The van der Waals surface area contributed by atoms with Gasteiger partial charge < -0.3 is 24.0 Å². The van der Waals surface area contributed by atoms with E-state index in [1.165, 1.54) is 51.6 Å². The largest absolute Gasteiger partial charge is 0.491 e. The van der Waals surface area contributed by atoms with Crippen LogP contribution in [0.3, 0.4) is 0 Å². The van der Waals surface area contributed by atoms with Crippen molar-refractivity contribution < 1.29 is 19.0 Å². The number of hydrogen-bond acceptors (Lipinski definition) is 5. The Bertz CT molecular complexity index is 1130. The van der Waals surface area contributed by atoms with E-state index < -0.39 is 5.41 Å². The summed E-state index contributed by atoms with van der Waals surface area (Å²) < 4.78 is 17.3. The fourth-order valence-electron chi connectivity index (χ4n) is 6.97. The number of ether oxygens (including phenoxy) is 3. The number of hydrogen-bond donors (Lipinski definition) is 0. The summed E-state index contributed by atoms with van der Waals surface area (Å²) >= 11 is 0. The minimum Gasteiger partial charge on any atom is -0.491 e. The molecule has 1 spiro atoms. The molecule has 6 nitrogen and oxygen atoms in total. The molecule has 1 atom stereocenters. The second-order valence-corrected chi connectivity index (χ2v) is 10.6. The van der Waals surface area contributed by atoms with E-state index in [2.05, 4.69) is 17.0 Å². The molecule has 186 valence electrons. The van der Waals surface area contributed by atoms with Gasteiger partial charge in [-0.2, -0.15) is 0 Å². The van der Waals surface area contributed by atoms with Crippen molar-refractivity contribution in [3.8, 4) is 17.2 Å². The van der Waals surface area contributed by atoms with Crippen molar-refractivity contribution in [2.75, 3.05) is 37.9 Å². The number of anilines is 1. The van der Waals surface area contributed by atoms with Gasteiger partial charge in [-0.25, -0.2) is 0 Å². The first kappa shape index (κ1) is 23.0. The lowest BCUT2D eigenvalue weighted by Crippen LogP contribution is -2.44. The molecule has 1 aliphatic carbocycles. The topological polar surface area (TPSA) is 51.2 Å². The average molecular weight is 497 g/mol. The minimum atomic E-state index is -0.793. The number of amides is 1. The molecule has 0 aromatic heterocycles. The number of rotatable bonds is 4. The third-order valence-electron chi connectivity index (χ3n) is 8.89. The van der Waals surface area contributed by atoms with Crippen LogP contribution in [0.5, 0.6) is 17.2 Å². The van der Waals surface area contributed by atoms with Crippen LogP contribution in [0.25, 0.3) is 0 Å². The fourth-order valence-corrected chi connectivity index (χ4v) is 6.97. The highest BCUT2D eigenvalue weighted by atomic mass is 35.5. The van der Waals surface area contributed by atoms with Crippen LogP contribution < -0.4 is 19.1 Å². The van der Waals surface area contributed by atoms with Gasteiger partial charge >= 0.3 is 0 Å². The molecule has 2 aromatic rings. The van der Waals surface area contributed by atoms with E-state index >= 15 is 0 Å². The minimum absolute atomic E-state index is 0. The third-order valence-corrected chi connectivity index (χ3v) is 8.89. The maximum atomic E-state index is 14.1. The van der Waals surface area contributed by atoms with Crippen LogP contribution in [0.1, 0.15) is 56.1 Å². The van der Waals surface area contributed by atoms with Gasteiger partial charge in [-0.15, -0.1) is 12.4 Å². The smallest absolute Gasteiger partial charge is 0.245 e. The first-order valence-corrected chi connectivity index (χ1v) is 13.0. The molecule has 4 heterocycles. The normalized spacial score (nSPS) is 25.6. The lowest BCUT2D eigenvalue weighted by molar-refractivity contribution is -0.122. The maximum absolute atomic E-state index is 14.1. The third kappa shape index (κ3) is 3.52. The second kappa shape index (κ2) is 8.90. The predicted molar refractivity (Wildman–Crippen MR) is 136 cm³/mol. The Hall–Kier alpha value is -2.44. The standard InChI is InChI=1S/C28H32N2O4.ClH/c31-27-28(17-32-24-16-26-25(15-22(24)28)33-18-34-26)21-7-3-4-8-23(21)30(27)14-11-19-9-12-29(13-10-19)20-5-1-2-6-20;/h3-4,7-8,15-16,19-20H,1-2,5-6,9-14,17-18H2;1H. The van der Waals surface area contributed by atoms with Crippen molar-refractivity contribution in [2.45, 2.75) is 56.4 Å². The number of nitrogens with zero attached hydrogens (tertiary/aromatic N) is 2. The summed E-state index contributed by atoms with van der Waals surface area (Å²) in [6, 6.07) is 12.9. The maximum Gasteiger partial charge on any atom is 0.245 e. The number of carbonyl (C=O) groups is 1. The zero-order valence-electron chi connectivity index (χ0n) is 20.0. The van der Waals surface area contributed by atoms with E-state index in [9.17, 15) is 4.79 Å². The predicted octanol–water partition coefficient (Wildman–Crippen LogP) is 4.91. The Morgan fingerprint density at radius 1 is 0.886 bits per heavy atom. The van der Waals surface area contributed by atoms with Gasteiger partial charge in [0.2, 0.25) is 12.7 Å². The Labute approximate surface area is 212 Å². The van der Waals surface area contributed by atoms with Gasteiger partial charge in [-0.05, 0) is 68.8 Å². The highest BCUT2D eigenvalue weighted by molar-refractivity contribution is 6.11. The summed E-state index contributed by atoms with van der Waals surface area (Å²) in [4.78, 5) is 18.9. The molecule has 2 aromatic carbocycles. The highest BCUT2D eigenvalue weighted by Crippen LogP contribution is 2.55. The van der Waals surface area contributed by atoms with E-state index in [1.807, 2.05) is 29.2 Å². The zero-order chi connectivity index (χ0) is 22.7. The lowest BCUT2D eigenvalue weighted by atomic mass is 9.77. The molecule has 0 radical (unpaired) electrons. The molecule has 7 heteroatoms. The number of fused-ring (bicyclic) bond motifs is 5. The monoisotopic (exact) mass is 496 g/mol. The van der Waals surface area contributed by atoms with Crippen molar-refractivity contribution in [3.63, 3.8) is 0 Å². The number of likely N-dealkylation sites (tertiary alicyclic amines) is 1. The molecule has 0 bridgehead atoms. The quantitative estimate of drug-likeness (QED) is 0.602. The van der Waals surface area contributed by atoms with Crippen LogP contribution in [-0.4, -0.2) is 49.9 Å². The summed E-state index contributed by atoms with van der Waals surface area (Å²) in [7, 11) is 0. The van der Waals surface area contributed by atoms with E-state index in [0.717, 1.165) is 41.6 Å². The zero-order valence-corrected chi connectivity index (χ0v) is 20.9. The van der Waals surface area contributed by atoms with E-state index in [1.54, 1.807) is 0 Å². The van der Waals surface area contributed by atoms with Crippen molar-refractivity contribution >= 4 is 24.0 Å². The number of halogens is 1. The molecule has 1 saturated heterocycles. The van der Waals surface area contributed by atoms with Gasteiger partial charge in [0, 0.05) is 29.9 Å². The summed E-state index contributed by atoms with van der Waals surface area (Å²) in [5.74, 6) is 2.94. The fraction of sp³-hybridized carbons (Fsp3) is 0.536. The summed E-state index contributed by atoms with van der Waals surface area (Å²) in [6.07, 6.45) is 9.13. The molecule has 1 saturated carbocycles. The van der Waals surface area contributed by atoms with Crippen molar-refractivity contribution in [2.24, 2.45) is 5.92 Å². The van der Waals surface area contributed by atoms with Gasteiger partial charge in [0.15, 0.2) is 11.5 Å². The Kier molecular flexibility index (Phi) is 5.84. The highest BCUT2D eigenvalue weighted by Gasteiger charge is 2.57. The van der Waals surface area contributed by atoms with Crippen LogP contribution in [0.15, 0.2) is 36.4 Å². The Balaban J connectivity index is 0.00000229. The first-order valence-electron chi connectivity index (χ1n) is 13.0. The van der Waals surface area contributed by atoms with E-state index in [4.69, 9.17) is 14.2 Å². The molecular formula is C28H33ClN2O4. The second-order valence-electron chi connectivity index (χ2n) is 10.6. The van der Waals surface area contributed by atoms with Gasteiger partial charge in [0.1, 0.15) is 17.8 Å². The number of benzene rings is 2. The van der Waals surface area contributed by atoms with Crippen LogP contribution in [0, 0.1) is 5.92 Å². The molecular weight excluding hydrogens is 464 g/mol. The molecule has 4 aliphatic heterocycles. The van der Waals surface area contributed by atoms with Gasteiger partial charge in [0.25, 0.3) is 0 Å². The summed E-state index contributed by atoms with van der Waals surface area (Å²) in [6.45, 7) is 3.75. The number of para-hydroxylation sites is 1. The lowest BCUT2D eigenvalue weighted by Gasteiger charge is -2.36. The van der Waals surface area contributed by atoms with Crippen LogP contribution in [-0.2, 0) is 10.2 Å². The molecule has 2 fully saturated rings. The van der Waals surface area contributed by atoms with Gasteiger partial charge in [0.05, 0.1) is 0 Å². The summed E-state index contributed by atoms with van der Waals surface area (Å²) in [5.41, 5.74) is 2.19. The Morgan fingerprint density at radius 2 is 1.63 bits per heavy atom. The van der Waals surface area contributed by atoms with Gasteiger partial charge in [-0.1, -0.05) is 31.0 Å². The molecule has 1 unspecified atom stereocenters. The molecule has 7 rings (SSSR count). The Morgan fingerprint density at radius 3 is 2.43 bits per heavy atom. The molecule has 35 heavy (non-hydrogen) atoms. The average Bonchev–Trinajstić information content (AvgIpc) is 3.66. The summed E-state index contributed by atoms with van der Waals surface area (Å²) in [5, 5.41) is 0. The molecule has 0 N–H and O–H groups in total. The van der Waals surface area contributed by atoms with Crippen molar-refractivity contribution in [1.29, 1.82) is 0 Å². The van der Waals surface area contributed by atoms with E-state index in [-0.39, 0.29) is 25.1 Å². The van der Waals surface area contributed by atoms with Crippen LogP contribution in [0.2, 0.25) is 0 Å². The van der Waals surface area contributed by atoms with E-state index in [0.29, 0.717) is 24.0 Å². The first-order chi connectivity index (χ1) is 16.7. The van der Waals surface area contributed by atoms with Crippen molar-refractivity contribution in [1.82, 2.24) is 4.90 Å². The molecule has 5 aliphatic rings. The SMILES string of the molecule is Cl.O=C1N(CCC2CCN(C3CCCC3)CC2)c2ccccc2C12COc1cc3c(cc12)OCO3. The van der Waals surface area contributed by atoms with Crippen LogP contribution in [0.4, 0.5) is 5.69 Å². The molecule has 1 amide bonds. The van der Waals surface area contributed by atoms with Gasteiger partial charge in [-0.3, -0.25) is 4.79 Å². The van der Waals surface area contributed by atoms with Crippen molar-refractivity contribution in [3.05, 3.63) is 47.5 Å². The number of piperidine rings is 1. The van der Waals surface area contributed by atoms with Crippen LogP contribution >= 0.6 is 12.4 Å². The number of carbonyl (C=O) groups excluding carboxylic acids is 1.